The van der Waals surface area contributed by atoms with E-state index >= 15 is 0 Å². The fourth-order valence-corrected chi connectivity index (χ4v) is 7.94. The molecule has 3 radical (unpaired) electrons. The van der Waals surface area contributed by atoms with Gasteiger partial charge in [-0.25, -0.2) is 4.39 Å². The Balaban J connectivity index is 0.000000311. The Morgan fingerprint density at radius 2 is 0.870 bits per heavy atom. The van der Waals surface area contributed by atoms with Crippen LogP contribution in [0.2, 0.25) is 0 Å². The van der Waals surface area contributed by atoms with Gasteiger partial charge in [0, 0.05) is 119 Å². The predicted octanol–water partition coefficient (Wildman–Crippen LogP) is 20.1. The number of rotatable bonds is 9. The Bertz CT molecular complexity index is 4230. The third kappa shape index (κ3) is 26.3. The summed E-state index contributed by atoms with van der Waals surface area (Å²) in [6, 6.07) is 72.3. The van der Waals surface area contributed by atoms with Crippen molar-refractivity contribution in [3.05, 3.63) is 314 Å². The number of carbonyl (C=O) groups excluding carboxylic acids is 2. The van der Waals surface area contributed by atoms with Gasteiger partial charge in [-0.1, -0.05) is 151 Å². The molecule has 0 saturated heterocycles. The molecule has 4 heterocycles. The molecule has 0 fully saturated rings. The number of aromatic nitrogens is 4. The normalized spacial score (nSPS) is 11.4. The molecule has 0 aliphatic carbocycles. The molecule has 0 atom stereocenters. The Kier molecular flexibility index (Phi) is 29.9. The van der Waals surface area contributed by atoms with E-state index < -0.39 is 11.5 Å². The molecule has 2 N–H and O–H groups in total. The molecule has 92 heavy (non-hydrogen) atoms. The van der Waals surface area contributed by atoms with E-state index in [1.54, 1.807) is 36.5 Å². The molecule has 8 nitrogen and oxygen atoms in total. The number of ketones is 2. The van der Waals surface area contributed by atoms with Crippen LogP contribution in [0.25, 0.3) is 78.4 Å². The van der Waals surface area contributed by atoms with Gasteiger partial charge in [0.1, 0.15) is 11.6 Å². The number of halogens is 1. The van der Waals surface area contributed by atoms with Crippen LogP contribution in [0.4, 0.5) is 4.39 Å². The van der Waals surface area contributed by atoms with Gasteiger partial charge in [0.05, 0.1) is 12.6 Å². The minimum Gasteiger partial charge on any atom is -0.512 e. The second kappa shape index (κ2) is 39.6. The first-order valence-electron chi connectivity index (χ1n) is 31.1. The van der Waals surface area contributed by atoms with E-state index in [0.29, 0.717) is 11.3 Å². The molecule has 7 aromatic carbocycles. The second-order valence-electron chi connectivity index (χ2n) is 22.2. The Labute approximate surface area is 591 Å². The average molecular weight is 1760 g/mol. The SMILES string of the molecule is CC(=O)C=C(C)O.CC(C)(C)C(=O)C=C(O)C(C)(C)C.Cc1cc(-c2[c-]cccc2)ncc1-c1ccc(F)cc1.Cc1cc(-c2[c-]cccc2)ncc1-c1ccccc1.[2H]c1c([2H])c([2H])c(-c2ccc(-c3[c-]cccc3)nc2)c([2H])c1[2H].[Ir].[Ir].[Ir].[c-]1ccccc1-c1ccccn1. The summed E-state index contributed by atoms with van der Waals surface area (Å²) >= 11 is 0. The minimum atomic E-state index is -0.417. The van der Waals surface area contributed by atoms with Crippen LogP contribution in [0, 0.1) is 54.8 Å². The van der Waals surface area contributed by atoms with Crippen LogP contribution in [0.1, 0.15) is 73.4 Å². The number of hydrogen-bond donors (Lipinski definition) is 2. The molecular weight excluding hydrogens is 1680 g/mol. The van der Waals surface area contributed by atoms with Crippen LogP contribution < -0.4 is 0 Å². The summed E-state index contributed by atoms with van der Waals surface area (Å²) in [7, 11) is 0. The summed E-state index contributed by atoms with van der Waals surface area (Å²) < 4.78 is 52.0. The fraction of sp³-hybridized carbons (Fsp3) is 0.150. The number of aryl methyl sites for hydroxylation is 2. The first kappa shape index (κ1) is 69.3. The zero-order valence-corrected chi connectivity index (χ0v) is 60.0. The van der Waals surface area contributed by atoms with Gasteiger partial charge in [0.25, 0.3) is 0 Å². The van der Waals surface area contributed by atoms with Crippen molar-refractivity contribution in [2.45, 2.75) is 69.2 Å². The van der Waals surface area contributed by atoms with Gasteiger partial charge in [0.15, 0.2) is 11.6 Å². The summed E-state index contributed by atoms with van der Waals surface area (Å²) in [5, 5.41) is 17.9. The number of nitrogens with zero attached hydrogens (tertiary/aromatic N) is 4. The topological polar surface area (TPSA) is 126 Å². The Hall–Kier alpha value is -8.56. The second-order valence-corrected chi connectivity index (χ2v) is 22.2. The van der Waals surface area contributed by atoms with E-state index in [-0.39, 0.29) is 124 Å². The number of allylic oxidation sites excluding steroid dienone is 4. The van der Waals surface area contributed by atoms with Crippen molar-refractivity contribution in [3.63, 3.8) is 0 Å². The average Bonchev–Trinajstić information content (AvgIpc) is 0.782. The van der Waals surface area contributed by atoms with Crippen molar-refractivity contribution in [3.8, 4) is 78.4 Å². The van der Waals surface area contributed by atoms with Crippen LogP contribution in [-0.4, -0.2) is 41.7 Å². The van der Waals surface area contributed by atoms with E-state index in [1.807, 2.05) is 194 Å². The minimum absolute atomic E-state index is 0. The van der Waals surface area contributed by atoms with Crippen molar-refractivity contribution in [2.75, 3.05) is 0 Å². The van der Waals surface area contributed by atoms with Gasteiger partial charge in [0.2, 0.25) is 0 Å². The van der Waals surface area contributed by atoms with E-state index in [2.05, 4.69) is 69.3 Å². The predicted molar refractivity (Wildman–Crippen MR) is 361 cm³/mol. The monoisotopic (exact) mass is 1760 g/mol. The molecule has 0 unspecified atom stereocenters. The molecule has 0 spiro atoms. The molecule has 0 aliphatic heterocycles. The van der Waals surface area contributed by atoms with Crippen molar-refractivity contribution < 1.29 is 91.4 Å². The third-order valence-corrected chi connectivity index (χ3v) is 12.8. The summed E-state index contributed by atoms with van der Waals surface area (Å²) in [5.74, 6) is -0.185. The Morgan fingerprint density at radius 1 is 0.457 bits per heavy atom. The maximum atomic E-state index is 13.0. The van der Waals surface area contributed by atoms with Gasteiger partial charge in [-0.15, -0.1) is 144 Å². The van der Waals surface area contributed by atoms with Crippen LogP contribution in [0.5, 0.6) is 0 Å². The van der Waals surface area contributed by atoms with Crippen LogP contribution >= 0.6 is 0 Å². The van der Waals surface area contributed by atoms with E-state index in [0.717, 1.165) is 56.0 Å². The number of hydrogen-bond acceptors (Lipinski definition) is 8. The third-order valence-electron chi connectivity index (χ3n) is 12.8. The number of carbonyl (C=O) groups is 2. The molecule has 0 aliphatic rings. The van der Waals surface area contributed by atoms with Gasteiger partial charge in [-0.3, -0.25) is 9.59 Å². The zero-order chi connectivity index (χ0) is 68.5. The summed E-state index contributed by atoms with van der Waals surface area (Å²) in [6.07, 6.45) is 9.58. The zero-order valence-electron chi connectivity index (χ0n) is 57.8. The van der Waals surface area contributed by atoms with Crippen LogP contribution in [0.3, 0.4) is 0 Å². The molecule has 0 amide bonds. The Morgan fingerprint density at radius 3 is 1.23 bits per heavy atom. The number of aliphatic hydroxyl groups is 2. The molecular formula is C80H75FIr3N4O4-4. The molecule has 477 valence electrons. The van der Waals surface area contributed by atoms with Gasteiger partial charge < -0.3 is 30.1 Å². The molecule has 0 bridgehead atoms. The van der Waals surface area contributed by atoms with Crippen molar-refractivity contribution in [1.82, 2.24) is 19.9 Å². The van der Waals surface area contributed by atoms with Crippen LogP contribution in [0.15, 0.2) is 273 Å². The molecule has 11 rings (SSSR count). The summed E-state index contributed by atoms with van der Waals surface area (Å²) in [6.45, 7) is 18.1. The van der Waals surface area contributed by atoms with E-state index in [1.165, 1.54) is 61.0 Å². The fourth-order valence-electron chi connectivity index (χ4n) is 7.94. The van der Waals surface area contributed by atoms with Gasteiger partial charge in [-0.2, -0.15) is 0 Å². The smallest absolute Gasteiger partial charge is 0.164 e. The van der Waals surface area contributed by atoms with Gasteiger partial charge in [-0.05, 0) is 102 Å². The van der Waals surface area contributed by atoms with Crippen molar-refractivity contribution >= 4 is 11.6 Å². The number of benzene rings is 7. The van der Waals surface area contributed by atoms with Crippen molar-refractivity contribution in [1.29, 1.82) is 0 Å². The quantitative estimate of drug-likeness (QED) is 0.0831. The number of pyridine rings is 4. The molecule has 12 heteroatoms. The standard InChI is InChI=1S/C18H13FN.C18H14N.C17H12N.C11H8N.C11H20O2.C5H8O2.3Ir/c1-13-11-18(15-5-3-2-4-6-15)20-12-17(13)14-7-9-16(19)10-8-14;1-14-12-18(16-10-6-3-7-11-16)19-13-17(14)15-8-4-2-5-9-15;1-3-7-14(8-4-1)16-11-12-17(18-13-16)15-9-5-2-6-10-15;1-2-6-10(7-3-1)11-8-4-5-9-12-11;1-10(2,3)8(12)7-9(13)11(4,5)6;1-4(6)3-5(2)7;;;/h2-5,7-12H,1H3;2-10,12-13H,1H3;1-9,11-13H;1-6,8-9H;7,12H,1-6H3;3,6H,1-2H3;;;/q4*-1;;;;;/i;;1D,3D,4D,7D,8D;;;;;;. The van der Waals surface area contributed by atoms with E-state index in [9.17, 15) is 19.1 Å². The first-order chi connectivity index (χ1) is 44.7. The maximum Gasteiger partial charge on any atom is 0.164 e. The molecule has 0 saturated carbocycles. The number of aliphatic hydroxyl groups excluding tert-OH is 2. The largest absolute Gasteiger partial charge is 0.512 e. The van der Waals surface area contributed by atoms with E-state index in [4.69, 9.17) is 12.0 Å². The van der Waals surface area contributed by atoms with Crippen LogP contribution in [-0.2, 0) is 69.9 Å². The first-order valence-corrected chi connectivity index (χ1v) is 28.6. The van der Waals surface area contributed by atoms with Crippen molar-refractivity contribution in [2.24, 2.45) is 10.8 Å². The summed E-state index contributed by atoms with van der Waals surface area (Å²) in [4.78, 5) is 39.1. The molecule has 11 aromatic rings. The maximum absolute atomic E-state index is 13.0. The molecule has 4 aromatic heterocycles. The van der Waals surface area contributed by atoms with Gasteiger partial charge >= 0.3 is 0 Å². The summed E-state index contributed by atoms with van der Waals surface area (Å²) in [5.41, 5.74) is 14.0.